The van der Waals surface area contributed by atoms with E-state index >= 15 is 0 Å². The van der Waals surface area contributed by atoms with E-state index in [0.717, 1.165) is 17.7 Å². The van der Waals surface area contributed by atoms with Crippen LogP contribution in [0, 0.1) is 13.8 Å². The molecular weight excluding hydrogens is 358 g/mol. The van der Waals surface area contributed by atoms with Crippen LogP contribution in [0.25, 0.3) is 5.69 Å². The van der Waals surface area contributed by atoms with Crippen LogP contribution in [-0.2, 0) is 10.0 Å². The van der Waals surface area contributed by atoms with Crippen molar-refractivity contribution in [2.45, 2.75) is 44.9 Å². The zero-order chi connectivity index (χ0) is 19.6. The molecule has 0 radical (unpaired) electrons. The quantitative estimate of drug-likeness (QED) is 0.665. The molecule has 0 amide bonds. The molecule has 27 heavy (non-hydrogen) atoms. The summed E-state index contributed by atoms with van der Waals surface area (Å²) in [7, 11) is -3.76. The van der Waals surface area contributed by atoms with Crippen molar-refractivity contribution in [1.29, 1.82) is 0 Å². The summed E-state index contributed by atoms with van der Waals surface area (Å²) in [6.45, 7) is 7.69. The molecule has 142 valence electrons. The molecule has 3 aromatic rings. The Morgan fingerprint density at radius 2 is 1.67 bits per heavy atom. The molecule has 5 nitrogen and oxygen atoms in total. The van der Waals surface area contributed by atoms with E-state index in [2.05, 4.69) is 23.7 Å². The van der Waals surface area contributed by atoms with Crippen molar-refractivity contribution in [2.24, 2.45) is 0 Å². The van der Waals surface area contributed by atoms with E-state index in [1.165, 1.54) is 0 Å². The maximum atomic E-state index is 13.2. The fraction of sp³-hybridized carbons (Fsp3) is 0.286. The van der Waals surface area contributed by atoms with Gasteiger partial charge in [0.2, 0.25) is 0 Å². The minimum absolute atomic E-state index is 0.227. The van der Waals surface area contributed by atoms with Crippen LogP contribution < -0.4 is 4.72 Å². The lowest BCUT2D eigenvalue weighted by atomic mass is 9.97. The van der Waals surface area contributed by atoms with Gasteiger partial charge in [0.15, 0.2) is 0 Å². The van der Waals surface area contributed by atoms with Crippen LogP contribution in [0.3, 0.4) is 0 Å². The third-order valence-corrected chi connectivity index (χ3v) is 6.46. The number of para-hydroxylation sites is 2. The van der Waals surface area contributed by atoms with Crippen LogP contribution in [0.1, 0.15) is 43.1 Å². The third kappa shape index (κ3) is 3.76. The summed E-state index contributed by atoms with van der Waals surface area (Å²) >= 11 is 0. The predicted octanol–water partition coefficient (Wildman–Crippen LogP) is 4.80. The zero-order valence-corrected chi connectivity index (χ0v) is 16.9. The SMILES string of the molecule is CCC(C)c1ccccc1NS(=O)(=O)c1c(C)nn(-c2ccccc2)c1C. The maximum absolute atomic E-state index is 13.2. The molecule has 6 heteroatoms. The number of nitrogens with zero attached hydrogens (tertiary/aromatic N) is 2. The molecule has 1 N–H and O–H groups in total. The molecule has 0 fully saturated rings. The lowest BCUT2D eigenvalue weighted by molar-refractivity contribution is 0.599. The van der Waals surface area contributed by atoms with E-state index in [-0.39, 0.29) is 10.8 Å². The van der Waals surface area contributed by atoms with Gasteiger partial charge in [0.25, 0.3) is 10.0 Å². The summed E-state index contributed by atoms with van der Waals surface area (Å²) < 4.78 is 30.8. The minimum atomic E-state index is -3.76. The van der Waals surface area contributed by atoms with Crippen molar-refractivity contribution in [3.63, 3.8) is 0 Å². The fourth-order valence-electron chi connectivity index (χ4n) is 3.27. The summed E-state index contributed by atoms with van der Waals surface area (Å²) in [5, 5.41) is 4.46. The Kier molecular flexibility index (Phi) is 5.37. The average Bonchev–Trinajstić information content (AvgIpc) is 2.97. The van der Waals surface area contributed by atoms with Crippen molar-refractivity contribution >= 4 is 15.7 Å². The Morgan fingerprint density at radius 3 is 2.33 bits per heavy atom. The van der Waals surface area contributed by atoms with Gasteiger partial charge in [0.05, 0.1) is 22.8 Å². The number of hydrogen-bond donors (Lipinski definition) is 1. The number of benzene rings is 2. The number of rotatable bonds is 6. The number of aromatic nitrogens is 2. The Morgan fingerprint density at radius 1 is 1.04 bits per heavy atom. The first-order valence-corrected chi connectivity index (χ1v) is 10.6. The molecule has 1 aromatic heterocycles. The first-order valence-electron chi connectivity index (χ1n) is 9.08. The Bertz CT molecular complexity index is 1040. The van der Waals surface area contributed by atoms with Crippen molar-refractivity contribution in [3.05, 3.63) is 71.5 Å². The second kappa shape index (κ2) is 7.56. The topological polar surface area (TPSA) is 64.0 Å². The van der Waals surface area contributed by atoms with Crippen molar-refractivity contribution in [2.75, 3.05) is 4.72 Å². The van der Waals surface area contributed by atoms with Gasteiger partial charge in [-0.15, -0.1) is 0 Å². The number of sulfonamides is 1. The summed E-state index contributed by atoms with van der Waals surface area (Å²) in [5.74, 6) is 0.262. The van der Waals surface area contributed by atoms with E-state index in [0.29, 0.717) is 17.1 Å². The molecule has 1 atom stereocenters. The van der Waals surface area contributed by atoms with Gasteiger partial charge >= 0.3 is 0 Å². The third-order valence-electron chi connectivity index (χ3n) is 4.84. The number of nitrogens with one attached hydrogen (secondary N) is 1. The molecule has 0 saturated heterocycles. The molecule has 1 unspecified atom stereocenters. The number of hydrogen-bond acceptors (Lipinski definition) is 3. The highest BCUT2D eigenvalue weighted by Crippen LogP contribution is 2.30. The van der Waals surface area contributed by atoms with E-state index in [4.69, 9.17) is 0 Å². The predicted molar refractivity (Wildman–Crippen MR) is 109 cm³/mol. The first kappa shape index (κ1) is 19.2. The van der Waals surface area contributed by atoms with Crippen molar-refractivity contribution < 1.29 is 8.42 Å². The molecule has 0 spiro atoms. The summed E-state index contributed by atoms with van der Waals surface area (Å²) in [6.07, 6.45) is 0.933. The second-order valence-corrected chi connectivity index (χ2v) is 8.37. The van der Waals surface area contributed by atoms with E-state index < -0.39 is 10.0 Å². The Labute approximate surface area is 161 Å². The highest BCUT2D eigenvalue weighted by atomic mass is 32.2. The normalized spacial score (nSPS) is 12.7. The molecule has 0 aliphatic carbocycles. The molecule has 2 aromatic carbocycles. The van der Waals surface area contributed by atoms with Gasteiger partial charge in [-0.25, -0.2) is 13.1 Å². The first-order chi connectivity index (χ1) is 12.8. The van der Waals surface area contributed by atoms with Gasteiger partial charge in [0, 0.05) is 0 Å². The van der Waals surface area contributed by atoms with Crippen LogP contribution in [0.2, 0.25) is 0 Å². The standard InChI is InChI=1S/C21H25N3O2S/c1-5-15(2)19-13-9-10-14-20(19)23-27(25,26)21-16(3)22-24(17(21)4)18-11-7-6-8-12-18/h6-15,23H,5H2,1-4H3. The van der Waals surface area contributed by atoms with E-state index in [9.17, 15) is 8.42 Å². The molecule has 1 heterocycles. The lowest BCUT2D eigenvalue weighted by Crippen LogP contribution is -2.16. The molecule has 0 aliphatic rings. The number of anilines is 1. The average molecular weight is 384 g/mol. The van der Waals surface area contributed by atoms with Crippen LogP contribution in [0.5, 0.6) is 0 Å². The molecule has 0 saturated carbocycles. The summed E-state index contributed by atoms with van der Waals surface area (Å²) in [6, 6.07) is 17.1. The van der Waals surface area contributed by atoms with Gasteiger partial charge in [0.1, 0.15) is 4.90 Å². The van der Waals surface area contributed by atoms with Gasteiger partial charge in [-0.05, 0) is 49.9 Å². The second-order valence-electron chi connectivity index (χ2n) is 6.75. The molecule has 0 bridgehead atoms. The largest absolute Gasteiger partial charge is 0.279 e. The van der Waals surface area contributed by atoms with Gasteiger partial charge in [-0.2, -0.15) is 5.10 Å². The monoisotopic (exact) mass is 383 g/mol. The fourth-order valence-corrected chi connectivity index (χ4v) is 4.76. The molecule has 0 aliphatic heterocycles. The zero-order valence-electron chi connectivity index (χ0n) is 16.1. The van der Waals surface area contributed by atoms with Gasteiger partial charge < -0.3 is 0 Å². The number of aryl methyl sites for hydroxylation is 1. The van der Waals surface area contributed by atoms with Crippen LogP contribution in [-0.4, -0.2) is 18.2 Å². The minimum Gasteiger partial charge on any atom is -0.279 e. The van der Waals surface area contributed by atoms with Crippen molar-refractivity contribution in [1.82, 2.24) is 9.78 Å². The highest BCUT2D eigenvalue weighted by Gasteiger charge is 2.26. The van der Waals surface area contributed by atoms with Crippen LogP contribution >= 0.6 is 0 Å². The molecule has 3 rings (SSSR count). The highest BCUT2D eigenvalue weighted by molar-refractivity contribution is 7.92. The molecular formula is C21H25N3O2S. The van der Waals surface area contributed by atoms with Crippen LogP contribution in [0.15, 0.2) is 59.5 Å². The smallest absolute Gasteiger partial charge is 0.265 e. The summed E-state index contributed by atoms with van der Waals surface area (Å²) in [4.78, 5) is 0.227. The van der Waals surface area contributed by atoms with Crippen molar-refractivity contribution in [3.8, 4) is 5.69 Å². The van der Waals surface area contributed by atoms with Gasteiger partial charge in [-0.3, -0.25) is 4.72 Å². The van der Waals surface area contributed by atoms with Gasteiger partial charge in [-0.1, -0.05) is 50.2 Å². The van der Waals surface area contributed by atoms with E-state index in [1.807, 2.05) is 54.6 Å². The maximum Gasteiger partial charge on any atom is 0.265 e. The Balaban J connectivity index is 2.04. The lowest BCUT2D eigenvalue weighted by Gasteiger charge is -2.16. The van der Waals surface area contributed by atoms with E-state index in [1.54, 1.807) is 18.5 Å². The Hall–Kier alpha value is -2.60. The van der Waals surface area contributed by atoms with Crippen LogP contribution in [0.4, 0.5) is 5.69 Å². The summed E-state index contributed by atoms with van der Waals surface area (Å²) in [5.41, 5.74) is 3.52.